The Hall–Kier alpha value is -2.33. The number of likely N-dealkylation sites (N-methyl/N-ethyl adjacent to an activating group) is 1. The number of methoxy groups -OCH3 is 1. The summed E-state index contributed by atoms with van der Waals surface area (Å²) in [5.41, 5.74) is 1.59. The summed E-state index contributed by atoms with van der Waals surface area (Å²) in [6.07, 6.45) is 1.39. The van der Waals surface area contributed by atoms with Crippen LogP contribution in [0.15, 0.2) is 48.7 Å². The molecule has 1 aromatic heterocycles. The Labute approximate surface area is 184 Å². The third kappa shape index (κ3) is 4.64. The topological polar surface area (TPSA) is 88.6 Å². The van der Waals surface area contributed by atoms with Crippen LogP contribution >= 0.6 is 0 Å². The van der Waals surface area contributed by atoms with Gasteiger partial charge in [0, 0.05) is 18.3 Å². The molecule has 0 spiro atoms. The molecule has 3 rings (SSSR count). The number of nitrogens with zero attached hydrogens (tertiary/aromatic N) is 3. The van der Waals surface area contributed by atoms with Crippen molar-refractivity contribution in [2.45, 2.75) is 39.4 Å². The van der Waals surface area contributed by atoms with Crippen LogP contribution in [0.3, 0.4) is 0 Å². The fourth-order valence-electron chi connectivity index (χ4n) is 4.50. The van der Waals surface area contributed by atoms with Gasteiger partial charge in [0.25, 0.3) is 0 Å². The summed E-state index contributed by atoms with van der Waals surface area (Å²) in [6.45, 7) is 8.08. The number of para-hydroxylation sites is 1. The van der Waals surface area contributed by atoms with Crippen LogP contribution in [0.25, 0.3) is 0 Å². The second-order valence-electron chi connectivity index (χ2n) is 7.94. The molecule has 1 saturated heterocycles. The first-order valence-electron chi connectivity index (χ1n) is 10.5. The maximum atomic E-state index is 13.7. The summed E-state index contributed by atoms with van der Waals surface area (Å²) in [7, 11) is -2.49. The van der Waals surface area contributed by atoms with Crippen molar-refractivity contribution in [3.63, 3.8) is 0 Å². The number of hydrogen-bond donors (Lipinski definition) is 1. The Morgan fingerprint density at radius 2 is 1.81 bits per heavy atom. The van der Waals surface area contributed by atoms with Crippen LogP contribution in [0.2, 0.25) is 0 Å². The number of piperazine rings is 1. The summed E-state index contributed by atoms with van der Waals surface area (Å²) in [4.78, 5) is 18.1. The van der Waals surface area contributed by atoms with E-state index in [9.17, 15) is 13.2 Å². The highest BCUT2D eigenvalue weighted by Gasteiger charge is 2.51. The number of pyridine rings is 1. The lowest BCUT2D eigenvalue weighted by Crippen LogP contribution is -2.71. The molecule has 168 valence electrons. The molecule has 0 radical (unpaired) electrons. The Morgan fingerprint density at radius 1 is 1.16 bits per heavy atom. The number of ether oxygens (including phenoxy) is 1. The Morgan fingerprint density at radius 3 is 2.32 bits per heavy atom. The van der Waals surface area contributed by atoms with Crippen LogP contribution in [0.1, 0.15) is 36.8 Å². The van der Waals surface area contributed by atoms with Crippen molar-refractivity contribution in [1.29, 1.82) is 0 Å². The highest BCUT2D eigenvalue weighted by atomic mass is 32.2. The molecule has 9 heteroatoms. The number of nitrogens with one attached hydrogen (secondary N) is 1. The van der Waals surface area contributed by atoms with Gasteiger partial charge in [-0.3, -0.25) is 9.88 Å². The summed E-state index contributed by atoms with van der Waals surface area (Å²) in [5.74, 6) is -0.481. The van der Waals surface area contributed by atoms with E-state index < -0.39 is 16.2 Å². The molecule has 0 aliphatic carbocycles. The second kappa shape index (κ2) is 9.44. The molecule has 1 N–H and O–H groups in total. The van der Waals surface area contributed by atoms with Crippen LogP contribution in [-0.2, 0) is 21.5 Å². The maximum absolute atomic E-state index is 13.7. The lowest BCUT2D eigenvalue weighted by Gasteiger charge is -2.48. The highest BCUT2D eigenvalue weighted by Crippen LogP contribution is 2.33. The molecule has 8 nitrogen and oxygen atoms in total. The van der Waals surface area contributed by atoms with Crippen LogP contribution in [0.5, 0.6) is 0 Å². The van der Waals surface area contributed by atoms with E-state index in [2.05, 4.69) is 40.1 Å². The molecule has 2 heterocycles. The minimum absolute atomic E-state index is 0.0386. The van der Waals surface area contributed by atoms with Crippen molar-refractivity contribution in [1.82, 2.24) is 18.5 Å². The number of carbonyl (C=O) groups excluding carboxylic acids is 1. The van der Waals surface area contributed by atoms with Gasteiger partial charge < -0.3 is 4.74 Å². The van der Waals surface area contributed by atoms with Crippen molar-refractivity contribution in [2.24, 2.45) is 0 Å². The maximum Gasteiger partial charge on any atom is 0.375 e. The second-order valence-corrected chi connectivity index (χ2v) is 9.88. The average Bonchev–Trinajstić information content (AvgIpc) is 2.77. The van der Waals surface area contributed by atoms with E-state index in [1.165, 1.54) is 13.3 Å². The van der Waals surface area contributed by atoms with Gasteiger partial charge in [-0.05, 0) is 32.5 Å². The van der Waals surface area contributed by atoms with Gasteiger partial charge in [0.1, 0.15) is 18.8 Å². The molecule has 3 atom stereocenters. The number of carbonyl (C=O) groups is 1. The molecule has 0 amide bonds. The van der Waals surface area contributed by atoms with E-state index in [0.29, 0.717) is 24.3 Å². The first-order valence-corrected chi connectivity index (χ1v) is 11.9. The normalized spacial score (nSPS) is 24.6. The molecule has 0 bridgehead atoms. The standard InChI is InChI=1S/C22H31N4O4S/c1-5-25-17(2)15-26(16-18(25)3,21-9-7-6-8-10-21)31(28,29)24-14-20-12-11-19(13-23-20)22(27)30-4/h6-13,17-18,24H,5,14-16H2,1-4H3/q+1/t17-,18+,26?. The quantitative estimate of drug-likeness (QED) is 0.518. The largest absolute Gasteiger partial charge is 0.465 e. The zero-order chi connectivity index (χ0) is 22.6. The van der Waals surface area contributed by atoms with Crippen molar-refractivity contribution in [3.05, 3.63) is 59.9 Å². The van der Waals surface area contributed by atoms with Gasteiger partial charge in [-0.2, -0.15) is 17.0 Å². The fourth-order valence-corrected chi connectivity index (χ4v) is 6.30. The first kappa shape index (κ1) is 23.3. The number of quaternary nitrogens is 1. The van der Waals surface area contributed by atoms with E-state index in [-0.39, 0.29) is 22.5 Å². The zero-order valence-electron chi connectivity index (χ0n) is 18.5. The highest BCUT2D eigenvalue weighted by molar-refractivity contribution is 7.89. The van der Waals surface area contributed by atoms with Gasteiger partial charge >= 0.3 is 16.2 Å². The summed E-state index contributed by atoms with van der Waals surface area (Å²) in [6, 6.07) is 12.8. The van der Waals surface area contributed by atoms with Crippen LogP contribution in [0, 0.1) is 0 Å². The van der Waals surface area contributed by atoms with Gasteiger partial charge in [0.05, 0.1) is 37.0 Å². The SMILES string of the molecule is CCN1[C@H](C)C[N+](c2ccccc2)(S(=O)(=O)NCc2ccc(C(=O)OC)cn2)C[C@@H]1C. The smallest absolute Gasteiger partial charge is 0.375 e. The van der Waals surface area contributed by atoms with Crippen LogP contribution < -0.4 is 8.61 Å². The van der Waals surface area contributed by atoms with Gasteiger partial charge in [-0.15, -0.1) is 0 Å². The lowest BCUT2D eigenvalue weighted by molar-refractivity contribution is 0.0600. The van der Waals surface area contributed by atoms with Gasteiger partial charge in [0.15, 0.2) is 0 Å². The molecule has 1 unspecified atom stereocenters. The summed E-state index contributed by atoms with van der Waals surface area (Å²) < 4.78 is 34.7. The van der Waals surface area contributed by atoms with Crippen molar-refractivity contribution >= 4 is 21.9 Å². The third-order valence-electron chi connectivity index (χ3n) is 5.98. The Kier molecular flexibility index (Phi) is 7.10. The van der Waals surface area contributed by atoms with Crippen molar-refractivity contribution < 1.29 is 17.9 Å². The molecule has 1 aliphatic heterocycles. The van der Waals surface area contributed by atoms with E-state index in [1.807, 2.05) is 30.3 Å². The Balaban J connectivity index is 1.89. The third-order valence-corrected chi connectivity index (χ3v) is 7.92. The van der Waals surface area contributed by atoms with Crippen LogP contribution in [-0.4, -0.2) is 63.1 Å². The summed E-state index contributed by atoms with van der Waals surface area (Å²) in [5, 5.41) is 0. The molecule has 0 saturated carbocycles. The van der Waals surface area contributed by atoms with Gasteiger partial charge in [0.2, 0.25) is 0 Å². The number of hydrogen-bond acceptors (Lipinski definition) is 6. The monoisotopic (exact) mass is 447 g/mol. The first-order chi connectivity index (χ1) is 14.7. The number of aromatic nitrogens is 1. The Bertz CT molecular complexity index is 984. The molecule has 1 aromatic carbocycles. The van der Waals surface area contributed by atoms with Crippen molar-refractivity contribution in [3.8, 4) is 0 Å². The number of esters is 1. The molecule has 1 aliphatic rings. The molecular weight excluding hydrogens is 416 g/mol. The minimum atomic E-state index is -3.80. The summed E-state index contributed by atoms with van der Waals surface area (Å²) >= 11 is 0. The van der Waals surface area contributed by atoms with E-state index in [1.54, 1.807) is 12.1 Å². The molecule has 31 heavy (non-hydrogen) atoms. The van der Waals surface area contributed by atoms with Gasteiger partial charge in [-0.1, -0.05) is 25.1 Å². The predicted octanol–water partition coefficient (Wildman–Crippen LogP) is 2.32. The van der Waals surface area contributed by atoms with E-state index >= 15 is 0 Å². The predicted molar refractivity (Wildman–Crippen MR) is 121 cm³/mol. The lowest BCUT2D eigenvalue weighted by atomic mass is 10.1. The average molecular weight is 448 g/mol. The molecule has 2 aromatic rings. The number of benzene rings is 1. The number of rotatable bonds is 7. The molecule has 1 fully saturated rings. The van der Waals surface area contributed by atoms with Crippen LogP contribution in [0.4, 0.5) is 5.69 Å². The fraction of sp³-hybridized carbons (Fsp3) is 0.455. The van der Waals surface area contributed by atoms with Crippen molar-refractivity contribution in [2.75, 3.05) is 26.7 Å². The zero-order valence-corrected chi connectivity index (χ0v) is 19.3. The van der Waals surface area contributed by atoms with Gasteiger partial charge in [-0.25, -0.2) is 4.79 Å². The minimum Gasteiger partial charge on any atom is -0.465 e. The van der Waals surface area contributed by atoms with E-state index in [0.717, 1.165) is 12.2 Å². The van der Waals surface area contributed by atoms with E-state index in [4.69, 9.17) is 0 Å². The molecular formula is C22H31N4O4S+.